The van der Waals surface area contributed by atoms with Gasteiger partial charge in [-0.05, 0) is 26.0 Å². The lowest BCUT2D eigenvalue weighted by Gasteiger charge is -2.09. The molecule has 0 bridgehead atoms. The van der Waals surface area contributed by atoms with Crippen molar-refractivity contribution in [2.75, 3.05) is 7.05 Å². The molecule has 0 saturated carbocycles. The van der Waals surface area contributed by atoms with Crippen LogP contribution in [0.5, 0.6) is 5.75 Å². The summed E-state index contributed by atoms with van der Waals surface area (Å²) in [7, 11) is 1.94. The first-order valence-corrected chi connectivity index (χ1v) is 7.50. The van der Waals surface area contributed by atoms with Gasteiger partial charge >= 0.3 is 0 Å². The molecule has 0 aliphatic rings. The van der Waals surface area contributed by atoms with Gasteiger partial charge in [0.1, 0.15) is 12.4 Å². The average molecular weight is 276 g/mol. The lowest BCUT2D eigenvalue weighted by Crippen LogP contribution is -2.07. The van der Waals surface area contributed by atoms with Crippen LogP contribution < -0.4 is 10.1 Å². The SMILES string of the molecule is CCCc1nc(COc2ccccc2CNC)cs1. The molecule has 0 aliphatic carbocycles. The Balaban J connectivity index is 1.97. The van der Waals surface area contributed by atoms with Crippen LogP contribution in [0.2, 0.25) is 0 Å². The van der Waals surface area contributed by atoms with Crippen molar-refractivity contribution in [3.05, 3.63) is 45.9 Å². The molecule has 1 N–H and O–H groups in total. The van der Waals surface area contributed by atoms with E-state index in [0.29, 0.717) is 6.61 Å². The highest BCUT2D eigenvalue weighted by Gasteiger charge is 2.05. The molecule has 1 aromatic heterocycles. The van der Waals surface area contributed by atoms with Crippen LogP contribution in [0.4, 0.5) is 0 Å². The Morgan fingerprint density at radius 3 is 2.95 bits per heavy atom. The quantitative estimate of drug-likeness (QED) is 0.841. The van der Waals surface area contributed by atoms with Crippen LogP contribution in [-0.2, 0) is 19.6 Å². The van der Waals surface area contributed by atoms with Crippen LogP contribution in [0.15, 0.2) is 29.6 Å². The monoisotopic (exact) mass is 276 g/mol. The first-order valence-electron chi connectivity index (χ1n) is 6.62. The molecule has 19 heavy (non-hydrogen) atoms. The highest BCUT2D eigenvalue weighted by atomic mass is 32.1. The number of rotatable bonds is 7. The first kappa shape index (κ1) is 14.0. The molecule has 0 saturated heterocycles. The second kappa shape index (κ2) is 7.26. The van der Waals surface area contributed by atoms with Crippen LogP contribution in [0, 0.1) is 0 Å². The number of aryl methyl sites for hydroxylation is 1. The van der Waals surface area contributed by atoms with Gasteiger partial charge < -0.3 is 10.1 Å². The van der Waals surface area contributed by atoms with E-state index < -0.39 is 0 Å². The first-order chi connectivity index (χ1) is 9.33. The summed E-state index contributed by atoms with van der Waals surface area (Å²) in [6.07, 6.45) is 2.19. The van der Waals surface area contributed by atoms with E-state index in [1.807, 2.05) is 25.2 Å². The minimum atomic E-state index is 0.543. The van der Waals surface area contributed by atoms with E-state index in [1.54, 1.807) is 11.3 Å². The van der Waals surface area contributed by atoms with Crippen LogP contribution in [-0.4, -0.2) is 12.0 Å². The highest BCUT2D eigenvalue weighted by molar-refractivity contribution is 7.09. The number of benzene rings is 1. The van der Waals surface area contributed by atoms with Gasteiger partial charge in [0.05, 0.1) is 10.7 Å². The van der Waals surface area contributed by atoms with Crippen molar-refractivity contribution >= 4 is 11.3 Å². The molecule has 1 aromatic carbocycles. The van der Waals surface area contributed by atoms with Crippen molar-refractivity contribution in [2.24, 2.45) is 0 Å². The Morgan fingerprint density at radius 1 is 1.32 bits per heavy atom. The molecule has 0 fully saturated rings. The molecule has 4 heteroatoms. The maximum absolute atomic E-state index is 5.87. The zero-order valence-corrected chi connectivity index (χ0v) is 12.3. The van der Waals surface area contributed by atoms with Crippen LogP contribution in [0.1, 0.15) is 29.6 Å². The zero-order chi connectivity index (χ0) is 13.5. The largest absolute Gasteiger partial charge is 0.487 e. The summed E-state index contributed by atoms with van der Waals surface area (Å²) in [5.74, 6) is 0.932. The summed E-state index contributed by atoms with van der Waals surface area (Å²) in [5, 5.41) is 6.44. The molecule has 2 aromatic rings. The Kier molecular flexibility index (Phi) is 5.36. The van der Waals surface area contributed by atoms with E-state index in [-0.39, 0.29) is 0 Å². The fourth-order valence-corrected chi connectivity index (χ4v) is 2.76. The Bertz CT molecular complexity index is 510. The van der Waals surface area contributed by atoms with Gasteiger partial charge in [0.25, 0.3) is 0 Å². The Morgan fingerprint density at radius 2 is 2.16 bits per heavy atom. The maximum atomic E-state index is 5.87. The fraction of sp³-hybridized carbons (Fsp3) is 0.400. The standard InChI is InChI=1S/C15H20N2OS/c1-3-6-15-17-13(11-19-15)10-18-14-8-5-4-7-12(14)9-16-2/h4-5,7-8,11,16H,3,6,9-10H2,1-2H3. The molecule has 0 radical (unpaired) electrons. The number of para-hydroxylation sites is 1. The Labute approximate surface area is 118 Å². The summed E-state index contributed by atoms with van der Waals surface area (Å²) in [5.41, 5.74) is 2.20. The van der Waals surface area contributed by atoms with Crippen LogP contribution in [0.3, 0.4) is 0 Å². The minimum absolute atomic E-state index is 0.543. The van der Waals surface area contributed by atoms with Crippen molar-refractivity contribution in [3.63, 3.8) is 0 Å². The fourth-order valence-electron chi connectivity index (χ4n) is 1.88. The van der Waals surface area contributed by atoms with Crippen molar-refractivity contribution < 1.29 is 4.74 Å². The summed E-state index contributed by atoms with van der Waals surface area (Å²) >= 11 is 1.72. The maximum Gasteiger partial charge on any atom is 0.131 e. The third kappa shape index (κ3) is 4.04. The van der Waals surface area contributed by atoms with E-state index in [2.05, 4.69) is 28.7 Å². The van der Waals surface area contributed by atoms with E-state index >= 15 is 0 Å². The number of nitrogens with one attached hydrogen (secondary N) is 1. The molecule has 0 atom stereocenters. The predicted molar refractivity (Wildman–Crippen MR) is 79.6 cm³/mol. The van der Waals surface area contributed by atoms with Crippen molar-refractivity contribution in [3.8, 4) is 5.75 Å². The lowest BCUT2D eigenvalue weighted by molar-refractivity contribution is 0.298. The van der Waals surface area contributed by atoms with E-state index in [9.17, 15) is 0 Å². The molecule has 0 amide bonds. The van der Waals surface area contributed by atoms with Gasteiger partial charge in [-0.25, -0.2) is 4.98 Å². The third-order valence-electron chi connectivity index (χ3n) is 2.78. The van der Waals surface area contributed by atoms with Crippen LogP contribution in [0.25, 0.3) is 0 Å². The smallest absolute Gasteiger partial charge is 0.131 e. The molecular formula is C15H20N2OS. The van der Waals surface area contributed by atoms with E-state index in [1.165, 1.54) is 10.6 Å². The van der Waals surface area contributed by atoms with E-state index in [0.717, 1.165) is 30.8 Å². The van der Waals surface area contributed by atoms with Crippen molar-refractivity contribution in [1.82, 2.24) is 10.3 Å². The van der Waals surface area contributed by atoms with Gasteiger partial charge in [-0.3, -0.25) is 0 Å². The number of hydrogen-bond acceptors (Lipinski definition) is 4. The van der Waals surface area contributed by atoms with E-state index in [4.69, 9.17) is 4.74 Å². The third-order valence-corrected chi connectivity index (χ3v) is 3.74. The molecule has 2 rings (SSSR count). The number of thiazole rings is 1. The topological polar surface area (TPSA) is 34.1 Å². The molecular weight excluding hydrogens is 256 g/mol. The summed E-state index contributed by atoms with van der Waals surface area (Å²) in [4.78, 5) is 4.57. The summed E-state index contributed by atoms with van der Waals surface area (Å²) in [6, 6.07) is 8.11. The average Bonchev–Trinajstić information content (AvgIpc) is 2.86. The van der Waals surface area contributed by atoms with Gasteiger partial charge in [-0.2, -0.15) is 0 Å². The van der Waals surface area contributed by atoms with Gasteiger partial charge in [-0.15, -0.1) is 11.3 Å². The van der Waals surface area contributed by atoms with Crippen molar-refractivity contribution in [2.45, 2.75) is 32.9 Å². The summed E-state index contributed by atoms with van der Waals surface area (Å²) < 4.78 is 5.87. The zero-order valence-electron chi connectivity index (χ0n) is 11.5. The Hall–Kier alpha value is -1.39. The van der Waals surface area contributed by atoms with Crippen molar-refractivity contribution in [1.29, 1.82) is 0 Å². The van der Waals surface area contributed by atoms with Gasteiger partial charge in [0, 0.05) is 17.5 Å². The molecule has 0 unspecified atom stereocenters. The number of ether oxygens (including phenoxy) is 1. The number of nitrogens with zero attached hydrogens (tertiary/aromatic N) is 1. The molecule has 3 nitrogen and oxygen atoms in total. The molecule has 102 valence electrons. The lowest BCUT2D eigenvalue weighted by atomic mass is 10.2. The number of aromatic nitrogens is 1. The summed E-state index contributed by atoms with van der Waals surface area (Å²) in [6.45, 7) is 3.53. The molecule has 0 aliphatic heterocycles. The molecule has 1 heterocycles. The number of hydrogen-bond donors (Lipinski definition) is 1. The molecule has 0 spiro atoms. The van der Waals surface area contributed by atoms with Gasteiger partial charge in [0.15, 0.2) is 0 Å². The van der Waals surface area contributed by atoms with Gasteiger partial charge in [-0.1, -0.05) is 25.1 Å². The normalized spacial score (nSPS) is 10.6. The second-order valence-corrected chi connectivity index (χ2v) is 5.35. The highest BCUT2D eigenvalue weighted by Crippen LogP contribution is 2.20. The predicted octanol–water partition coefficient (Wildman–Crippen LogP) is 3.39. The minimum Gasteiger partial charge on any atom is -0.487 e. The van der Waals surface area contributed by atoms with Crippen LogP contribution >= 0.6 is 11.3 Å². The second-order valence-electron chi connectivity index (χ2n) is 4.41. The van der Waals surface area contributed by atoms with Gasteiger partial charge in [0.2, 0.25) is 0 Å².